The molecule has 0 bridgehead atoms. The van der Waals surface area contributed by atoms with E-state index in [1.165, 1.54) is 30.3 Å². The third-order valence-electron chi connectivity index (χ3n) is 5.33. The highest BCUT2D eigenvalue weighted by atomic mass is 32.2. The van der Waals surface area contributed by atoms with Crippen LogP contribution in [0.1, 0.15) is 18.1 Å². The Morgan fingerprint density at radius 3 is 2.43 bits per heavy atom. The third-order valence-corrected chi connectivity index (χ3v) is 7.10. The molecule has 1 aliphatic heterocycles. The fourth-order valence-corrected chi connectivity index (χ4v) is 4.86. The van der Waals surface area contributed by atoms with Gasteiger partial charge >= 0.3 is 0 Å². The molecule has 1 N–H and O–H groups in total. The molecule has 0 saturated carbocycles. The highest BCUT2D eigenvalue weighted by Crippen LogP contribution is 2.31. The van der Waals surface area contributed by atoms with E-state index in [-0.39, 0.29) is 10.6 Å². The molecule has 8 nitrogen and oxygen atoms in total. The van der Waals surface area contributed by atoms with Crippen LogP contribution < -0.4 is 19.2 Å². The molecule has 10 heteroatoms. The Morgan fingerprint density at radius 2 is 1.71 bits per heavy atom. The van der Waals surface area contributed by atoms with E-state index < -0.39 is 28.3 Å². The van der Waals surface area contributed by atoms with Crippen LogP contribution in [0.4, 0.5) is 10.1 Å². The van der Waals surface area contributed by atoms with Crippen molar-refractivity contribution in [3.05, 3.63) is 83.7 Å². The molecule has 1 aliphatic rings. The summed E-state index contributed by atoms with van der Waals surface area (Å²) in [6.45, 7) is 3.74. The van der Waals surface area contributed by atoms with Crippen molar-refractivity contribution in [3.8, 4) is 11.5 Å². The zero-order valence-corrected chi connectivity index (χ0v) is 20.0. The molecule has 0 aliphatic carbocycles. The molecule has 0 atom stereocenters. The molecule has 1 heterocycles. The number of ether oxygens (including phenoxy) is 2. The zero-order chi connectivity index (χ0) is 25.0. The third kappa shape index (κ3) is 5.43. The Balaban J connectivity index is 1.57. The van der Waals surface area contributed by atoms with Gasteiger partial charge in [-0.15, -0.1) is 0 Å². The number of benzene rings is 3. The van der Waals surface area contributed by atoms with E-state index >= 15 is 0 Å². The maximum absolute atomic E-state index is 14.6. The Bertz CT molecular complexity index is 1370. The highest BCUT2D eigenvalue weighted by Gasteiger charge is 2.29. The lowest BCUT2D eigenvalue weighted by atomic mass is 10.1. The number of nitrogens with one attached hydrogen (secondary N) is 1. The maximum Gasteiger partial charge on any atom is 0.264 e. The van der Waals surface area contributed by atoms with E-state index in [9.17, 15) is 17.6 Å². The SMILES string of the molecule is C/C(=N\NC(=O)CN(c1ccccc1F)S(=O)(=O)c1ccc(C)cc1)c1ccc2c(c1)OCCO2. The van der Waals surface area contributed by atoms with Crippen LogP contribution in [0.2, 0.25) is 0 Å². The molecular formula is C25H24FN3O5S. The monoisotopic (exact) mass is 497 g/mol. The average molecular weight is 498 g/mol. The van der Waals surface area contributed by atoms with Gasteiger partial charge in [-0.05, 0) is 56.3 Å². The van der Waals surface area contributed by atoms with Gasteiger partial charge in [-0.1, -0.05) is 29.8 Å². The number of nitrogens with zero attached hydrogens (tertiary/aromatic N) is 2. The van der Waals surface area contributed by atoms with Crippen molar-refractivity contribution in [2.24, 2.45) is 5.10 Å². The molecular weight excluding hydrogens is 473 g/mol. The van der Waals surface area contributed by atoms with E-state index in [4.69, 9.17) is 9.47 Å². The zero-order valence-electron chi connectivity index (χ0n) is 19.2. The van der Waals surface area contributed by atoms with Gasteiger partial charge in [-0.3, -0.25) is 9.10 Å². The van der Waals surface area contributed by atoms with E-state index in [0.29, 0.717) is 36.0 Å². The molecule has 1 amide bonds. The van der Waals surface area contributed by atoms with Gasteiger partial charge in [0.25, 0.3) is 15.9 Å². The Hall–Kier alpha value is -3.92. The molecule has 35 heavy (non-hydrogen) atoms. The minimum absolute atomic E-state index is 0.0601. The van der Waals surface area contributed by atoms with Crippen molar-refractivity contribution in [1.29, 1.82) is 0 Å². The van der Waals surface area contributed by atoms with Crippen LogP contribution in [0.15, 0.2) is 76.7 Å². The average Bonchev–Trinajstić information content (AvgIpc) is 2.86. The predicted molar refractivity (Wildman–Crippen MR) is 130 cm³/mol. The smallest absolute Gasteiger partial charge is 0.264 e. The van der Waals surface area contributed by atoms with E-state index in [0.717, 1.165) is 15.9 Å². The molecule has 3 aromatic rings. The molecule has 0 saturated heterocycles. The number of carbonyl (C=O) groups excluding carboxylic acids is 1. The number of hydrogen-bond donors (Lipinski definition) is 1. The summed E-state index contributed by atoms with van der Waals surface area (Å²) < 4.78 is 53.1. The van der Waals surface area contributed by atoms with Crippen LogP contribution in [-0.2, 0) is 14.8 Å². The molecule has 182 valence electrons. The molecule has 0 radical (unpaired) electrons. The Morgan fingerprint density at radius 1 is 1.03 bits per heavy atom. The number of anilines is 1. The number of para-hydroxylation sites is 1. The van der Waals surface area contributed by atoms with Crippen molar-refractivity contribution >= 4 is 27.3 Å². The fourth-order valence-electron chi connectivity index (χ4n) is 3.44. The minimum atomic E-state index is -4.24. The van der Waals surface area contributed by atoms with Crippen LogP contribution in [-0.4, -0.2) is 39.8 Å². The van der Waals surface area contributed by atoms with Crippen molar-refractivity contribution in [1.82, 2.24) is 5.43 Å². The summed E-state index contributed by atoms with van der Waals surface area (Å²) >= 11 is 0. The molecule has 0 fully saturated rings. The summed E-state index contributed by atoms with van der Waals surface area (Å²) in [4.78, 5) is 12.7. The second-order valence-electron chi connectivity index (χ2n) is 7.87. The van der Waals surface area contributed by atoms with E-state index in [2.05, 4.69) is 10.5 Å². The van der Waals surface area contributed by atoms with Gasteiger partial charge in [0.2, 0.25) is 0 Å². The normalized spacial score (nSPS) is 13.3. The highest BCUT2D eigenvalue weighted by molar-refractivity contribution is 7.92. The van der Waals surface area contributed by atoms with Crippen molar-refractivity contribution in [2.75, 3.05) is 24.1 Å². The van der Waals surface area contributed by atoms with Gasteiger partial charge in [-0.25, -0.2) is 18.2 Å². The number of aryl methyl sites for hydroxylation is 1. The largest absolute Gasteiger partial charge is 0.486 e. The van der Waals surface area contributed by atoms with Crippen LogP contribution in [0.25, 0.3) is 0 Å². The first-order valence-corrected chi connectivity index (χ1v) is 12.3. The van der Waals surface area contributed by atoms with Gasteiger partial charge in [0, 0.05) is 5.56 Å². The lowest BCUT2D eigenvalue weighted by molar-refractivity contribution is -0.119. The molecule has 0 aromatic heterocycles. The van der Waals surface area contributed by atoms with Crippen LogP contribution >= 0.6 is 0 Å². The van der Waals surface area contributed by atoms with Crippen LogP contribution in [0.5, 0.6) is 11.5 Å². The number of carbonyl (C=O) groups is 1. The van der Waals surface area contributed by atoms with Crippen molar-refractivity contribution in [3.63, 3.8) is 0 Å². The molecule has 3 aromatic carbocycles. The Kier molecular flexibility index (Phi) is 7.02. The standard InChI is InChI=1S/C25H24FN3O5S/c1-17-7-10-20(11-8-17)35(31,32)29(22-6-4-3-5-21(22)26)16-25(30)28-27-18(2)19-9-12-23-24(15-19)34-14-13-33-23/h3-12,15H,13-14,16H2,1-2H3,(H,28,30)/b27-18+. The predicted octanol–water partition coefficient (Wildman–Crippen LogP) is 3.64. The summed E-state index contributed by atoms with van der Waals surface area (Å²) in [6, 6.07) is 16.7. The maximum atomic E-state index is 14.6. The second kappa shape index (κ2) is 10.1. The first-order valence-electron chi connectivity index (χ1n) is 10.8. The van der Waals surface area contributed by atoms with E-state index in [1.807, 2.05) is 6.92 Å². The first kappa shape index (κ1) is 24.2. The number of amides is 1. The van der Waals surface area contributed by atoms with Crippen LogP contribution in [0, 0.1) is 12.7 Å². The quantitative estimate of drug-likeness (QED) is 0.397. The Labute approximate surface area is 203 Å². The van der Waals surface area contributed by atoms with Crippen molar-refractivity contribution < 1.29 is 27.1 Å². The number of hydrazone groups is 1. The first-order chi connectivity index (χ1) is 16.8. The number of rotatable bonds is 7. The summed E-state index contributed by atoms with van der Waals surface area (Å²) in [5.41, 5.74) is 4.14. The number of sulfonamides is 1. The van der Waals surface area contributed by atoms with E-state index in [1.54, 1.807) is 37.3 Å². The number of halogens is 1. The van der Waals surface area contributed by atoms with Gasteiger partial charge in [0.05, 0.1) is 16.3 Å². The van der Waals surface area contributed by atoms with Gasteiger partial charge in [0.1, 0.15) is 25.6 Å². The number of hydrogen-bond acceptors (Lipinski definition) is 6. The number of fused-ring (bicyclic) bond motifs is 1. The van der Waals surface area contributed by atoms with Gasteiger partial charge < -0.3 is 9.47 Å². The van der Waals surface area contributed by atoms with Crippen molar-refractivity contribution in [2.45, 2.75) is 18.7 Å². The fraction of sp³-hybridized carbons (Fsp3) is 0.200. The minimum Gasteiger partial charge on any atom is -0.486 e. The summed E-state index contributed by atoms with van der Waals surface area (Å²) in [5, 5.41) is 4.08. The second-order valence-corrected chi connectivity index (χ2v) is 9.73. The lowest BCUT2D eigenvalue weighted by Gasteiger charge is -2.24. The molecule has 0 spiro atoms. The summed E-state index contributed by atoms with van der Waals surface area (Å²) in [7, 11) is -4.24. The van der Waals surface area contributed by atoms with Crippen LogP contribution in [0.3, 0.4) is 0 Å². The van der Waals surface area contributed by atoms with Gasteiger partial charge in [-0.2, -0.15) is 5.10 Å². The topological polar surface area (TPSA) is 97.3 Å². The molecule has 4 rings (SSSR count). The lowest BCUT2D eigenvalue weighted by Crippen LogP contribution is -2.40. The van der Waals surface area contributed by atoms with Gasteiger partial charge in [0.15, 0.2) is 11.5 Å². The summed E-state index contributed by atoms with van der Waals surface area (Å²) in [6.07, 6.45) is 0. The molecule has 0 unspecified atom stereocenters. The summed E-state index contributed by atoms with van der Waals surface area (Å²) in [5.74, 6) is -0.309.